The lowest BCUT2D eigenvalue weighted by Gasteiger charge is -2.12. The smallest absolute Gasteiger partial charge is 0.234 e. The second kappa shape index (κ2) is 9.57. The Balaban J connectivity index is 1.38. The number of hydrogen-bond acceptors (Lipinski definition) is 7. The fraction of sp³-hybridized carbons (Fsp3) is 0.0455. The van der Waals surface area contributed by atoms with Crippen LogP contribution in [-0.4, -0.2) is 41.2 Å². The Bertz CT molecular complexity index is 1370. The quantitative estimate of drug-likeness (QED) is 0.322. The maximum Gasteiger partial charge on any atom is 0.234 e. The van der Waals surface area contributed by atoms with Gasteiger partial charge in [0.2, 0.25) is 5.91 Å². The molecule has 0 saturated heterocycles. The van der Waals surface area contributed by atoms with Gasteiger partial charge in [-0.3, -0.25) is 9.36 Å². The molecule has 164 valence electrons. The van der Waals surface area contributed by atoms with E-state index in [0.717, 1.165) is 16.4 Å². The summed E-state index contributed by atoms with van der Waals surface area (Å²) in [7, 11) is 0. The lowest BCUT2D eigenvalue weighted by molar-refractivity contribution is -0.113. The fourth-order valence-corrected chi connectivity index (χ4v) is 4.82. The highest BCUT2D eigenvalue weighted by Gasteiger charge is 2.18. The zero-order chi connectivity index (χ0) is 22.6. The number of hydrogen-bond donors (Lipinski definition) is 1. The number of benzene rings is 2. The maximum absolute atomic E-state index is 12.8. The average Bonchev–Trinajstić information content (AvgIpc) is 3.60. The summed E-state index contributed by atoms with van der Waals surface area (Å²) in [6, 6.07) is 19.0. The van der Waals surface area contributed by atoms with Gasteiger partial charge >= 0.3 is 0 Å². The molecule has 1 amide bonds. The van der Waals surface area contributed by atoms with Crippen LogP contribution in [0.2, 0.25) is 5.02 Å². The largest absolute Gasteiger partial charge is 0.323 e. The summed E-state index contributed by atoms with van der Waals surface area (Å²) in [6.45, 7) is 0. The van der Waals surface area contributed by atoms with Crippen molar-refractivity contribution in [1.82, 2.24) is 29.5 Å². The number of halogens is 1. The van der Waals surface area contributed by atoms with E-state index in [0.29, 0.717) is 21.6 Å². The van der Waals surface area contributed by atoms with Crippen molar-refractivity contribution in [1.29, 1.82) is 0 Å². The van der Waals surface area contributed by atoms with Crippen LogP contribution in [0.25, 0.3) is 22.1 Å². The molecule has 0 aliphatic heterocycles. The average molecular weight is 494 g/mol. The second-order valence-corrected chi connectivity index (χ2v) is 9.12. The van der Waals surface area contributed by atoms with Crippen LogP contribution in [0.5, 0.6) is 0 Å². The summed E-state index contributed by atoms with van der Waals surface area (Å²) in [5.74, 6) is 0.671. The Kier molecular flexibility index (Phi) is 6.20. The Labute approximate surface area is 202 Å². The number of nitrogens with one attached hydrogen (secondary N) is 1. The van der Waals surface area contributed by atoms with E-state index < -0.39 is 0 Å². The Morgan fingerprint density at radius 1 is 1.09 bits per heavy atom. The summed E-state index contributed by atoms with van der Waals surface area (Å²) in [5, 5.41) is 18.9. The highest BCUT2D eigenvalue weighted by Crippen LogP contribution is 2.31. The van der Waals surface area contributed by atoms with Crippen LogP contribution in [0.15, 0.2) is 83.9 Å². The van der Waals surface area contributed by atoms with Gasteiger partial charge in [-0.25, -0.2) is 9.67 Å². The molecule has 0 bridgehead atoms. The Morgan fingerprint density at radius 3 is 2.73 bits per heavy atom. The van der Waals surface area contributed by atoms with Crippen molar-refractivity contribution < 1.29 is 4.79 Å². The molecule has 0 aliphatic rings. The molecule has 2 aromatic carbocycles. The van der Waals surface area contributed by atoms with Gasteiger partial charge in [0.15, 0.2) is 11.0 Å². The Morgan fingerprint density at radius 2 is 1.97 bits per heavy atom. The van der Waals surface area contributed by atoms with Crippen molar-refractivity contribution in [2.24, 2.45) is 0 Å². The monoisotopic (exact) mass is 493 g/mol. The molecule has 33 heavy (non-hydrogen) atoms. The number of amides is 1. The first kappa shape index (κ1) is 21.4. The molecule has 0 radical (unpaired) electrons. The van der Waals surface area contributed by atoms with Crippen LogP contribution >= 0.6 is 34.7 Å². The number of aromatic nitrogens is 6. The number of para-hydroxylation sites is 1. The van der Waals surface area contributed by atoms with Crippen molar-refractivity contribution >= 4 is 46.3 Å². The molecular weight excluding hydrogens is 478 g/mol. The number of carbonyl (C=O) groups excluding carboxylic acids is 1. The number of thioether (sulfide) groups is 1. The van der Waals surface area contributed by atoms with E-state index in [9.17, 15) is 4.79 Å². The van der Waals surface area contributed by atoms with Crippen molar-refractivity contribution in [3.8, 4) is 22.1 Å². The summed E-state index contributed by atoms with van der Waals surface area (Å²) >= 11 is 9.05. The van der Waals surface area contributed by atoms with E-state index in [1.807, 2.05) is 52.4 Å². The van der Waals surface area contributed by atoms with Crippen molar-refractivity contribution in [3.05, 3.63) is 83.7 Å². The van der Waals surface area contributed by atoms with Gasteiger partial charge in [0.05, 0.1) is 22.0 Å². The number of nitrogens with zero attached hydrogens (tertiary/aromatic N) is 6. The molecule has 0 fully saturated rings. The zero-order valence-corrected chi connectivity index (χ0v) is 19.4. The van der Waals surface area contributed by atoms with E-state index in [2.05, 4.69) is 25.6 Å². The van der Waals surface area contributed by atoms with E-state index >= 15 is 0 Å². The molecule has 0 saturated carbocycles. The topological polar surface area (TPSA) is 90.5 Å². The van der Waals surface area contributed by atoms with Crippen LogP contribution in [-0.2, 0) is 4.79 Å². The van der Waals surface area contributed by atoms with Gasteiger partial charge in [0.1, 0.15) is 12.7 Å². The predicted molar refractivity (Wildman–Crippen MR) is 130 cm³/mol. The maximum atomic E-state index is 12.8. The van der Waals surface area contributed by atoms with Gasteiger partial charge in [-0.1, -0.05) is 47.6 Å². The fourth-order valence-electron chi connectivity index (χ4n) is 3.20. The first-order valence-electron chi connectivity index (χ1n) is 9.81. The third-order valence-electron chi connectivity index (χ3n) is 4.62. The molecule has 0 atom stereocenters. The van der Waals surface area contributed by atoms with Crippen molar-refractivity contribution in [2.75, 3.05) is 11.1 Å². The summed E-state index contributed by atoms with van der Waals surface area (Å²) < 4.78 is 3.53. The molecule has 5 rings (SSSR count). The molecule has 1 N–H and O–H groups in total. The Hall–Kier alpha value is -3.47. The normalized spacial score (nSPS) is 10.9. The number of rotatable bonds is 7. The lowest BCUT2D eigenvalue weighted by atomic mass is 10.2. The molecule has 8 nitrogen and oxygen atoms in total. The van der Waals surface area contributed by atoms with Gasteiger partial charge in [-0.05, 0) is 41.8 Å². The van der Waals surface area contributed by atoms with E-state index in [4.69, 9.17) is 11.6 Å². The first-order valence-corrected chi connectivity index (χ1v) is 12.1. The molecule has 0 aliphatic carbocycles. The highest BCUT2D eigenvalue weighted by molar-refractivity contribution is 7.99. The van der Waals surface area contributed by atoms with Crippen LogP contribution in [0.3, 0.4) is 0 Å². The minimum atomic E-state index is -0.205. The molecule has 0 spiro atoms. The van der Waals surface area contributed by atoms with Gasteiger partial charge in [-0.15, -0.1) is 21.5 Å². The molecule has 5 aromatic rings. The molecule has 0 unspecified atom stereocenters. The van der Waals surface area contributed by atoms with E-state index in [-0.39, 0.29) is 11.7 Å². The minimum Gasteiger partial charge on any atom is -0.323 e. The standard InChI is InChI=1S/C22H16ClN7OS2/c23-15-8-9-18(29-14-24-13-25-29)17(11-15)26-20(31)12-33-22-28-27-21(19-7-4-10-32-19)30(22)16-5-2-1-3-6-16/h1-11,13-14H,12H2,(H,26,31). The number of thiophene rings is 1. The molecule has 3 aromatic heterocycles. The molecule has 3 heterocycles. The third-order valence-corrected chi connectivity index (χ3v) is 6.65. The SMILES string of the molecule is O=C(CSc1nnc(-c2cccs2)n1-c1ccccc1)Nc1cc(Cl)ccc1-n1cncn1. The van der Waals surface area contributed by atoms with E-state index in [1.165, 1.54) is 18.1 Å². The van der Waals surface area contributed by atoms with Crippen LogP contribution in [0, 0.1) is 0 Å². The number of carbonyl (C=O) groups is 1. The van der Waals surface area contributed by atoms with Gasteiger partial charge in [0.25, 0.3) is 0 Å². The van der Waals surface area contributed by atoms with Crippen LogP contribution in [0.4, 0.5) is 5.69 Å². The van der Waals surface area contributed by atoms with Crippen LogP contribution in [0.1, 0.15) is 0 Å². The highest BCUT2D eigenvalue weighted by atomic mass is 35.5. The van der Waals surface area contributed by atoms with Gasteiger partial charge in [-0.2, -0.15) is 5.10 Å². The third kappa shape index (κ3) is 4.68. The predicted octanol–water partition coefficient (Wildman–Crippen LogP) is 4.96. The minimum absolute atomic E-state index is 0.138. The zero-order valence-electron chi connectivity index (χ0n) is 17.0. The van der Waals surface area contributed by atoms with Gasteiger partial charge in [0, 0.05) is 10.7 Å². The van der Waals surface area contributed by atoms with Crippen molar-refractivity contribution in [2.45, 2.75) is 5.16 Å². The first-order chi connectivity index (χ1) is 16.2. The second-order valence-electron chi connectivity index (χ2n) is 6.79. The van der Waals surface area contributed by atoms with Crippen LogP contribution < -0.4 is 5.32 Å². The number of anilines is 1. The van der Waals surface area contributed by atoms with Crippen molar-refractivity contribution in [3.63, 3.8) is 0 Å². The van der Waals surface area contributed by atoms with E-state index in [1.54, 1.807) is 40.5 Å². The summed E-state index contributed by atoms with van der Waals surface area (Å²) in [4.78, 5) is 17.8. The summed E-state index contributed by atoms with van der Waals surface area (Å²) in [6.07, 6.45) is 2.99. The molecule has 11 heteroatoms. The van der Waals surface area contributed by atoms with Gasteiger partial charge < -0.3 is 5.32 Å². The summed E-state index contributed by atoms with van der Waals surface area (Å²) in [5.41, 5.74) is 2.14. The molecular formula is C22H16ClN7OS2. The lowest BCUT2D eigenvalue weighted by Crippen LogP contribution is -2.16.